The summed E-state index contributed by atoms with van der Waals surface area (Å²) in [7, 11) is -1.89. The molecule has 0 N–H and O–H groups in total. The average molecular weight is 327 g/mol. The van der Waals surface area contributed by atoms with E-state index in [1.165, 1.54) is 0 Å². The maximum absolute atomic E-state index is 13.1. The van der Waals surface area contributed by atoms with Crippen LogP contribution in [0, 0.1) is 25.7 Å². The van der Waals surface area contributed by atoms with Crippen molar-refractivity contribution < 1.29 is 13.2 Å². The number of rotatable bonds is 7. The van der Waals surface area contributed by atoms with Crippen LogP contribution in [0.25, 0.3) is 0 Å². The molecule has 0 aliphatic rings. The molecule has 1 rings (SSSR count). The Labute approximate surface area is 135 Å². The van der Waals surface area contributed by atoms with E-state index in [1.807, 2.05) is 41.5 Å². The van der Waals surface area contributed by atoms with Gasteiger partial charge in [-0.1, -0.05) is 27.7 Å². The van der Waals surface area contributed by atoms with Gasteiger partial charge >= 0.3 is 0 Å². The molecule has 126 valence electrons. The lowest BCUT2D eigenvalue weighted by molar-refractivity contribution is 0.333. The second-order valence-electron chi connectivity index (χ2n) is 6.63. The monoisotopic (exact) mass is 327 g/mol. The first-order chi connectivity index (χ1) is 10.1. The van der Waals surface area contributed by atoms with E-state index in [2.05, 4.69) is 0 Å². The van der Waals surface area contributed by atoms with Gasteiger partial charge in [0.15, 0.2) is 0 Å². The van der Waals surface area contributed by atoms with Gasteiger partial charge in [0.05, 0.1) is 12.0 Å². The minimum atomic E-state index is -3.49. The Morgan fingerprint density at radius 2 is 1.50 bits per heavy atom. The van der Waals surface area contributed by atoms with Crippen LogP contribution in [0.2, 0.25) is 0 Å². The van der Waals surface area contributed by atoms with E-state index in [0.717, 1.165) is 16.9 Å². The topological polar surface area (TPSA) is 46.6 Å². The quantitative estimate of drug-likeness (QED) is 0.768. The Morgan fingerprint density at radius 1 is 1.00 bits per heavy atom. The minimum Gasteiger partial charge on any atom is -0.496 e. The Balaban J connectivity index is 3.33. The first-order valence-electron chi connectivity index (χ1n) is 7.75. The standard InChI is InChI=1S/C17H29NO3S/c1-12(2)10-18(11-13(3)4)22(19,20)17-9-8-16(21-7)14(5)15(17)6/h8-9,12-13H,10-11H2,1-7H3. The number of hydrogen-bond acceptors (Lipinski definition) is 3. The van der Waals surface area contributed by atoms with Gasteiger partial charge in [-0.15, -0.1) is 0 Å². The molecule has 0 radical (unpaired) electrons. The summed E-state index contributed by atoms with van der Waals surface area (Å²) >= 11 is 0. The van der Waals surface area contributed by atoms with Crippen LogP contribution < -0.4 is 4.74 Å². The van der Waals surface area contributed by atoms with Gasteiger partial charge in [0.25, 0.3) is 0 Å². The normalized spacial score (nSPS) is 12.5. The van der Waals surface area contributed by atoms with Crippen LogP contribution in [0.5, 0.6) is 5.75 Å². The lowest BCUT2D eigenvalue weighted by atomic mass is 10.1. The highest BCUT2D eigenvalue weighted by Gasteiger charge is 2.28. The third kappa shape index (κ3) is 4.23. The van der Waals surface area contributed by atoms with Gasteiger partial charge in [0, 0.05) is 13.1 Å². The summed E-state index contributed by atoms with van der Waals surface area (Å²) in [6.45, 7) is 12.9. The van der Waals surface area contributed by atoms with Crippen LogP contribution in [0.3, 0.4) is 0 Å². The summed E-state index contributed by atoms with van der Waals surface area (Å²) < 4.78 is 33.0. The molecular formula is C17H29NO3S. The van der Waals surface area contributed by atoms with E-state index in [1.54, 1.807) is 23.5 Å². The second-order valence-corrected chi connectivity index (χ2v) is 8.53. The van der Waals surface area contributed by atoms with Crippen molar-refractivity contribution in [3.8, 4) is 5.75 Å². The number of benzene rings is 1. The number of hydrogen-bond donors (Lipinski definition) is 0. The van der Waals surface area contributed by atoms with E-state index in [4.69, 9.17) is 4.74 Å². The van der Waals surface area contributed by atoms with Crippen molar-refractivity contribution in [2.45, 2.75) is 46.4 Å². The molecule has 22 heavy (non-hydrogen) atoms. The molecule has 1 aromatic carbocycles. The molecule has 0 heterocycles. The lowest BCUT2D eigenvalue weighted by Gasteiger charge is -2.27. The second kappa shape index (κ2) is 7.47. The third-order valence-corrected chi connectivity index (χ3v) is 5.64. The van der Waals surface area contributed by atoms with E-state index in [0.29, 0.717) is 18.0 Å². The summed E-state index contributed by atoms with van der Waals surface area (Å²) in [5, 5.41) is 0. The van der Waals surface area contributed by atoms with E-state index < -0.39 is 10.0 Å². The fourth-order valence-electron chi connectivity index (χ4n) is 2.50. The van der Waals surface area contributed by atoms with Gasteiger partial charge in [-0.3, -0.25) is 0 Å². The Morgan fingerprint density at radius 3 is 1.91 bits per heavy atom. The molecule has 5 heteroatoms. The van der Waals surface area contributed by atoms with Gasteiger partial charge in [-0.25, -0.2) is 8.42 Å². The zero-order valence-electron chi connectivity index (χ0n) is 14.8. The van der Waals surface area contributed by atoms with E-state index >= 15 is 0 Å². The lowest BCUT2D eigenvalue weighted by Crippen LogP contribution is -2.37. The molecule has 0 spiro atoms. The Bertz CT molecular complexity index is 597. The fourth-order valence-corrected chi connectivity index (χ4v) is 4.54. The number of ether oxygens (including phenoxy) is 1. The summed E-state index contributed by atoms with van der Waals surface area (Å²) in [5.74, 6) is 1.29. The molecule has 0 aliphatic heterocycles. The summed E-state index contributed by atoms with van der Waals surface area (Å²) in [6, 6.07) is 3.39. The highest BCUT2D eigenvalue weighted by Crippen LogP contribution is 2.29. The van der Waals surface area contributed by atoms with Crippen molar-refractivity contribution in [1.82, 2.24) is 4.31 Å². The van der Waals surface area contributed by atoms with E-state index in [-0.39, 0.29) is 11.8 Å². The number of sulfonamides is 1. The minimum absolute atomic E-state index is 0.285. The maximum Gasteiger partial charge on any atom is 0.243 e. The molecule has 0 fully saturated rings. The highest BCUT2D eigenvalue weighted by atomic mass is 32.2. The SMILES string of the molecule is COc1ccc(S(=O)(=O)N(CC(C)C)CC(C)C)c(C)c1C. The van der Waals surface area contributed by atoms with Crippen LogP contribution in [0.4, 0.5) is 0 Å². The number of nitrogens with zero attached hydrogens (tertiary/aromatic N) is 1. The van der Waals surface area contributed by atoms with Crippen molar-refractivity contribution >= 4 is 10.0 Å². The molecule has 4 nitrogen and oxygen atoms in total. The van der Waals surface area contributed by atoms with Crippen molar-refractivity contribution in [3.05, 3.63) is 23.3 Å². The molecule has 0 aliphatic carbocycles. The summed E-state index contributed by atoms with van der Waals surface area (Å²) in [4.78, 5) is 0.382. The smallest absolute Gasteiger partial charge is 0.243 e. The zero-order valence-corrected chi connectivity index (χ0v) is 15.6. The van der Waals surface area contributed by atoms with Gasteiger partial charge in [0.2, 0.25) is 10.0 Å². The van der Waals surface area contributed by atoms with Crippen LogP contribution in [-0.4, -0.2) is 32.9 Å². The predicted molar refractivity (Wildman–Crippen MR) is 90.9 cm³/mol. The van der Waals surface area contributed by atoms with Crippen LogP contribution in [0.15, 0.2) is 17.0 Å². The van der Waals surface area contributed by atoms with Crippen LogP contribution in [-0.2, 0) is 10.0 Å². The maximum atomic E-state index is 13.1. The van der Waals surface area contributed by atoms with Crippen molar-refractivity contribution in [2.24, 2.45) is 11.8 Å². The molecule has 0 unspecified atom stereocenters. The molecular weight excluding hydrogens is 298 g/mol. The zero-order chi connectivity index (χ0) is 17.1. The largest absolute Gasteiger partial charge is 0.496 e. The van der Waals surface area contributed by atoms with Gasteiger partial charge < -0.3 is 4.74 Å². The Kier molecular flexibility index (Phi) is 6.44. The molecule has 0 atom stereocenters. The Hall–Kier alpha value is -1.07. The van der Waals surface area contributed by atoms with Crippen LogP contribution >= 0.6 is 0 Å². The van der Waals surface area contributed by atoms with Gasteiger partial charge in [-0.05, 0) is 48.9 Å². The van der Waals surface area contributed by atoms with E-state index in [9.17, 15) is 8.42 Å². The third-order valence-electron chi connectivity index (χ3n) is 3.66. The summed E-state index contributed by atoms with van der Waals surface area (Å²) in [6.07, 6.45) is 0. The van der Waals surface area contributed by atoms with Crippen LogP contribution in [0.1, 0.15) is 38.8 Å². The average Bonchev–Trinajstić information content (AvgIpc) is 2.39. The van der Waals surface area contributed by atoms with Crippen molar-refractivity contribution in [2.75, 3.05) is 20.2 Å². The fraction of sp³-hybridized carbons (Fsp3) is 0.647. The van der Waals surface area contributed by atoms with Crippen molar-refractivity contribution in [3.63, 3.8) is 0 Å². The van der Waals surface area contributed by atoms with Gasteiger partial charge in [-0.2, -0.15) is 4.31 Å². The molecule has 0 saturated heterocycles. The molecule has 1 aromatic rings. The molecule has 0 amide bonds. The summed E-state index contributed by atoms with van der Waals surface area (Å²) in [5.41, 5.74) is 1.63. The van der Waals surface area contributed by atoms with Crippen molar-refractivity contribution in [1.29, 1.82) is 0 Å². The highest BCUT2D eigenvalue weighted by molar-refractivity contribution is 7.89. The molecule has 0 saturated carbocycles. The van der Waals surface area contributed by atoms with Gasteiger partial charge in [0.1, 0.15) is 5.75 Å². The molecule has 0 bridgehead atoms. The molecule has 0 aromatic heterocycles. The first-order valence-corrected chi connectivity index (χ1v) is 9.19. The first kappa shape index (κ1) is 19.0. The number of methoxy groups -OCH3 is 1. The predicted octanol–water partition coefficient (Wildman–Crippen LogP) is 3.61.